The fourth-order valence-electron chi connectivity index (χ4n) is 9.79. The molecule has 0 radical (unpaired) electrons. The van der Waals surface area contributed by atoms with Crippen LogP contribution in [-0.2, 0) is 5.41 Å². The first-order valence-electron chi connectivity index (χ1n) is 20.3. The van der Waals surface area contributed by atoms with E-state index in [1.807, 2.05) is 59.9 Å². The Morgan fingerprint density at radius 1 is 0.450 bits per heavy atom. The Labute approximate surface area is 348 Å². The van der Waals surface area contributed by atoms with Gasteiger partial charge in [0.25, 0.3) is 0 Å². The Hall–Kier alpha value is -7.41. The SMILES string of the molecule is CC1(C)c2ccccc2-c2cc3c4ccccc4n(-c4ccc5sc6ccc(-c7nc(-c8ccccc8)nc(-c8cccc9oc%10ccccc%10c89)n7)cc6c5c4)c3cc21. The summed E-state index contributed by atoms with van der Waals surface area (Å²) >= 11 is 1.82. The molecule has 0 spiro atoms. The minimum atomic E-state index is -0.0978. The zero-order chi connectivity index (χ0) is 39.7. The van der Waals surface area contributed by atoms with Gasteiger partial charge in [0.15, 0.2) is 17.5 Å². The Morgan fingerprint density at radius 2 is 1.13 bits per heavy atom. The largest absolute Gasteiger partial charge is 0.456 e. The second-order valence-corrected chi connectivity index (χ2v) is 17.5. The van der Waals surface area contributed by atoms with Crippen LogP contribution in [0, 0.1) is 0 Å². The standard InChI is InChI=1S/C54H34N4OS/c1-54(2)42-19-9-6-15-34(42)38-29-39-35-16-7-10-20-44(35)58(45(39)30-43(38)54)33-24-26-49-41(28-33)40-27-32(23-25-48(40)60-49)52-55-51(31-13-4-3-5-14-31)56-53(57-52)37-18-12-22-47-50(37)36-17-8-11-21-46(36)59-47/h3-30H,1-2H3. The second-order valence-electron chi connectivity index (χ2n) is 16.4. The highest BCUT2D eigenvalue weighted by Gasteiger charge is 2.36. The molecule has 0 amide bonds. The third kappa shape index (κ3) is 4.76. The van der Waals surface area contributed by atoms with Crippen LogP contribution in [0.2, 0.25) is 0 Å². The summed E-state index contributed by atoms with van der Waals surface area (Å²) in [6.07, 6.45) is 0. The zero-order valence-electron chi connectivity index (χ0n) is 32.8. The van der Waals surface area contributed by atoms with Crippen LogP contribution in [-0.4, -0.2) is 19.5 Å². The normalized spacial score (nSPS) is 13.3. The molecule has 0 unspecified atom stereocenters. The molecule has 282 valence electrons. The maximum atomic E-state index is 6.28. The molecule has 4 heterocycles. The maximum absolute atomic E-state index is 6.28. The average molecular weight is 787 g/mol. The minimum absolute atomic E-state index is 0.0978. The predicted octanol–water partition coefficient (Wildman–Crippen LogP) is 14.5. The zero-order valence-corrected chi connectivity index (χ0v) is 33.6. The molecule has 0 atom stereocenters. The topological polar surface area (TPSA) is 56.7 Å². The Kier molecular flexibility index (Phi) is 6.88. The van der Waals surface area contributed by atoms with E-state index in [9.17, 15) is 0 Å². The lowest BCUT2D eigenvalue weighted by Gasteiger charge is -2.21. The van der Waals surface area contributed by atoms with Gasteiger partial charge in [0, 0.05) is 69.5 Å². The highest BCUT2D eigenvalue weighted by molar-refractivity contribution is 7.25. The lowest BCUT2D eigenvalue weighted by molar-refractivity contribution is 0.661. The van der Waals surface area contributed by atoms with E-state index in [2.05, 4.69) is 140 Å². The summed E-state index contributed by atoms with van der Waals surface area (Å²) in [6, 6.07) is 60.6. The van der Waals surface area contributed by atoms with Crippen LogP contribution in [0.1, 0.15) is 25.0 Å². The number of benzene rings is 8. The van der Waals surface area contributed by atoms with Crippen LogP contribution in [0.5, 0.6) is 0 Å². The molecule has 1 aliphatic rings. The molecule has 6 heteroatoms. The summed E-state index contributed by atoms with van der Waals surface area (Å²) in [5.74, 6) is 1.86. The predicted molar refractivity (Wildman–Crippen MR) is 248 cm³/mol. The Balaban J connectivity index is 1.00. The molecule has 5 nitrogen and oxygen atoms in total. The number of hydrogen-bond donors (Lipinski definition) is 0. The van der Waals surface area contributed by atoms with Crippen molar-refractivity contribution in [1.82, 2.24) is 19.5 Å². The van der Waals surface area contributed by atoms with Gasteiger partial charge in [-0.1, -0.05) is 117 Å². The molecule has 0 aliphatic heterocycles. The quantitative estimate of drug-likeness (QED) is 0.178. The van der Waals surface area contributed by atoms with Crippen molar-refractivity contribution < 1.29 is 4.42 Å². The van der Waals surface area contributed by atoms with E-state index >= 15 is 0 Å². The average Bonchev–Trinajstić information content (AvgIpc) is 4.02. The van der Waals surface area contributed by atoms with Gasteiger partial charge < -0.3 is 8.98 Å². The van der Waals surface area contributed by atoms with Gasteiger partial charge in [-0.2, -0.15) is 0 Å². The van der Waals surface area contributed by atoms with Crippen LogP contribution in [0.15, 0.2) is 174 Å². The lowest BCUT2D eigenvalue weighted by atomic mass is 9.82. The van der Waals surface area contributed by atoms with Crippen molar-refractivity contribution in [2.24, 2.45) is 0 Å². The van der Waals surface area contributed by atoms with Crippen LogP contribution in [0.25, 0.3) is 115 Å². The fraction of sp³-hybridized carbons (Fsp3) is 0.0556. The van der Waals surface area contributed by atoms with Gasteiger partial charge in [-0.3, -0.25) is 0 Å². The molecule has 4 aromatic heterocycles. The second kappa shape index (κ2) is 12.3. The van der Waals surface area contributed by atoms with Gasteiger partial charge in [-0.25, -0.2) is 15.0 Å². The monoisotopic (exact) mass is 786 g/mol. The molecule has 60 heavy (non-hydrogen) atoms. The summed E-state index contributed by atoms with van der Waals surface area (Å²) in [6.45, 7) is 4.71. The van der Waals surface area contributed by atoms with Crippen molar-refractivity contribution in [3.05, 3.63) is 181 Å². The number of para-hydroxylation sites is 2. The fourth-order valence-corrected chi connectivity index (χ4v) is 10.9. The van der Waals surface area contributed by atoms with Gasteiger partial charge >= 0.3 is 0 Å². The van der Waals surface area contributed by atoms with Crippen LogP contribution >= 0.6 is 11.3 Å². The first kappa shape index (κ1) is 33.6. The Bertz CT molecular complexity index is 3760. The summed E-state index contributed by atoms with van der Waals surface area (Å²) < 4.78 is 11.2. The molecule has 0 fully saturated rings. The third-order valence-corrected chi connectivity index (χ3v) is 13.8. The highest BCUT2D eigenvalue weighted by atomic mass is 32.1. The van der Waals surface area contributed by atoms with Crippen LogP contribution in [0.3, 0.4) is 0 Å². The highest BCUT2D eigenvalue weighted by Crippen LogP contribution is 2.51. The van der Waals surface area contributed by atoms with Gasteiger partial charge in [0.05, 0.1) is 11.0 Å². The van der Waals surface area contributed by atoms with Crippen molar-refractivity contribution in [1.29, 1.82) is 0 Å². The first-order chi connectivity index (χ1) is 29.5. The molecule has 0 bridgehead atoms. The van der Waals surface area contributed by atoms with Crippen molar-refractivity contribution in [3.8, 4) is 51.0 Å². The van der Waals surface area contributed by atoms with Gasteiger partial charge in [-0.05, 0) is 89.0 Å². The minimum Gasteiger partial charge on any atom is -0.456 e. The van der Waals surface area contributed by atoms with Gasteiger partial charge in [0.2, 0.25) is 0 Å². The lowest BCUT2D eigenvalue weighted by Crippen LogP contribution is -2.14. The molecule has 13 rings (SSSR count). The molecule has 0 N–H and O–H groups in total. The van der Waals surface area contributed by atoms with E-state index in [0.29, 0.717) is 17.5 Å². The van der Waals surface area contributed by atoms with E-state index in [1.54, 1.807) is 0 Å². The van der Waals surface area contributed by atoms with E-state index in [0.717, 1.165) is 44.3 Å². The van der Waals surface area contributed by atoms with E-state index < -0.39 is 0 Å². The summed E-state index contributed by atoms with van der Waals surface area (Å²) in [7, 11) is 0. The first-order valence-corrected chi connectivity index (χ1v) is 21.2. The number of hydrogen-bond acceptors (Lipinski definition) is 5. The van der Waals surface area contributed by atoms with Gasteiger partial charge in [0.1, 0.15) is 11.2 Å². The van der Waals surface area contributed by atoms with E-state index in [4.69, 9.17) is 19.4 Å². The molecule has 0 saturated heterocycles. The summed E-state index contributed by atoms with van der Waals surface area (Å²) in [5, 5.41) is 6.96. The molecule has 12 aromatic rings. The van der Waals surface area contributed by atoms with E-state index in [1.165, 1.54) is 64.2 Å². The van der Waals surface area contributed by atoms with Crippen LogP contribution < -0.4 is 0 Å². The van der Waals surface area contributed by atoms with E-state index in [-0.39, 0.29) is 5.41 Å². The molecular formula is C54H34N4OS. The Morgan fingerprint density at radius 3 is 2.02 bits per heavy atom. The number of nitrogens with zero attached hydrogens (tertiary/aromatic N) is 4. The smallest absolute Gasteiger partial charge is 0.164 e. The molecule has 8 aromatic carbocycles. The molecule has 0 saturated carbocycles. The van der Waals surface area contributed by atoms with Crippen molar-refractivity contribution in [2.75, 3.05) is 0 Å². The number of fused-ring (bicyclic) bond motifs is 12. The number of thiophene rings is 1. The number of aromatic nitrogens is 4. The van der Waals surface area contributed by atoms with Crippen molar-refractivity contribution >= 4 is 75.3 Å². The number of rotatable bonds is 4. The molecule has 1 aliphatic carbocycles. The molecular weight excluding hydrogens is 753 g/mol. The van der Waals surface area contributed by atoms with Crippen molar-refractivity contribution in [2.45, 2.75) is 19.3 Å². The summed E-state index contributed by atoms with van der Waals surface area (Å²) in [4.78, 5) is 15.5. The summed E-state index contributed by atoms with van der Waals surface area (Å²) in [5.41, 5.74) is 13.3. The van der Waals surface area contributed by atoms with Gasteiger partial charge in [-0.15, -0.1) is 11.3 Å². The number of furan rings is 1. The van der Waals surface area contributed by atoms with Crippen LogP contribution in [0.4, 0.5) is 0 Å². The maximum Gasteiger partial charge on any atom is 0.164 e. The third-order valence-electron chi connectivity index (χ3n) is 12.7. The van der Waals surface area contributed by atoms with Crippen molar-refractivity contribution in [3.63, 3.8) is 0 Å².